The van der Waals surface area contributed by atoms with Crippen LogP contribution in [-0.4, -0.2) is 44.7 Å². The van der Waals surface area contributed by atoms with Crippen LogP contribution in [0.3, 0.4) is 0 Å². The van der Waals surface area contributed by atoms with Crippen LogP contribution < -0.4 is 10.9 Å². The fourth-order valence-electron chi connectivity index (χ4n) is 2.77. The van der Waals surface area contributed by atoms with Crippen LogP contribution in [0.25, 0.3) is 10.9 Å². The second-order valence-corrected chi connectivity index (χ2v) is 7.40. The smallest absolute Gasteiger partial charge is 0.262 e. The lowest BCUT2D eigenvalue weighted by atomic mass is 10.2. The molecule has 28 heavy (non-hydrogen) atoms. The molecule has 0 aliphatic carbocycles. The summed E-state index contributed by atoms with van der Waals surface area (Å²) in [7, 11) is 1.58. The molecule has 2 heterocycles. The van der Waals surface area contributed by atoms with Gasteiger partial charge in [-0.05, 0) is 26.0 Å². The van der Waals surface area contributed by atoms with Gasteiger partial charge in [0.1, 0.15) is 5.82 Å². The first-order valence-corrected chi connectivity index (χ1v) is 9.94. The first-order chi connectivity index (χ1) is 13.5. The number of para-hydroxylation sites is 1. The molecule has 9 heteroatoms. The summed E-state index contributed by atoms with van der Waals surface area (Å²) in [5.41, 5.74) is 0.477. The van der Waals surface area contributed by atoms with Crippen LogP contribution >= 0.6 is 11.8 Å². The number of fused-ring (bicyclic) bond motifs is 1. The molecule has 0 saturated carbocycles. The van der Waals surface area contributed by atoms with Crippen molar-refractivity contribution < 1.29 is 9.53 Å². The number of hydrogen-bond acceptors (Lipinski definition) is 6. The molecular formula is C19H23N5O3S. The number of carbonyl (C=O) groups is 1. The molecule has 0 bridgehead atoms. The van der Waals surface area contributed by atoms with Crippen LogP contribution in [-0.2, 0) is 16.1 Å². The monoisotopic (exact) mass is 401 g/mol. The summed E-state index contributed by atoms with van der Waals surface area (Å²) in [6.45, 7) is 4.74. The maximum absolute atomic E-state index is 12.8. The van der Waals surface area contributed by atoms with Gasteiger partial charge in [0.2, 0.25) is 5.91 Å². The van der Waals surface area contributed by atoms with E-state index in [1.165, 1.54) is 11.8 Å². The quantitative estimate of drug-likeness (QED) is 0.461. The molecule has 1 amide bonds. The number of hydrogen-bond donors (Lipinski definition) is 1. The number of nitrogens with one attached hydrogen (secondary N) is 1. The van der Waals surface area contributed by atoms with Gasteiger partial charge >= 0.3 is 0 Å². The predicted octanol–water partition coefficient (Wildman–Crippen LogP) is 2.55. The summed E-state index contributed by atoms with van der Waals surface area (Å²) in [6.07, 6.45) is 1.65. The highest BCUT2D eigenvalue weighted by atomic mass is 32.2. The number of benzene rings is 1. The summed E-state index contributed by atoms with van der Waals surface area (Å²) in [4.78, 5) is 29.8. The normalized spacial score (nSPS) is 11.3. The number of amides is 1. The molecular weight excluding hydrogens is 378 g/mol. The zero-order valence-corrected chi connectivity index (χ0v) is 16.9. The number of aromatic nitrogens is 4. The molecule has 1 aromatic carbocycles. The lowest BCUT2D eigenvalue weighted by Crippen LogP contribution is -2.26. The molecule has 2 aromatic heterocycles. The number of rotatable bonds is 8. The van der Waals surface area contributed by atoms with E-state index in [-0.39, 0.29) is 23.3 Å². The number of methoxy groups -OCH3 is 1. The molecule has 0 unspecified atom stereocenters. The van der Waals surface area contributed by atoms with Gasteiger partial charge < -0.3 is 10.1 Å². The molecule has 3 rings (SSSR count). The molecule has 1 N–H and O–H groups in total. The van der Waals surface area contributed by atoms with Gasteiger partial charge in [0.05, 0.1) is 36.0 Å². The minimum atomic E-state index is -0.187. The fourth-order valence-corrected chi connectivity index (χ4v) is 3.60. The van der Waals surface area contributed by atoms with E-state index in [0.29, 0.717) is 35.0 Å². The van der Waals surface area contributed by atoms with E-state index in [4.69, 9.17) is 4.74 Å². The third-order valence-electron chi connectivity index (χ3n) is 4.10. The Morgan fingerprint density at radius 1 is 1.29 bits per heavy atom. The van der Waals surface area contributed by atoms with Crippen molar-refractivity contribution >= 4 is 34.4 Å². The van der Waals surface area contributed by atoms with Crippen LogP contribution in [0.1, 0.15) is 19.9 Å². The Morgan fingerprint density at radius 3 is 2.82 bits per heavy atom. The van der Waals surface area contributed by atoms with Crippen LogP contribution in [0, 0.1) is 0 Å². The molecule has 0 aliphatic rings. The molecule has 0 atom stereocenters. The van der Waals surface area contributed by atoms with Crippen LogP contribution in [0.15, 0.2) is 46.5 Å². The molecule has 8 nitrogen and oxygen atoms in total. The maximum atomic E-state index is 12.8. The fraction of sp³-hybridized carbons (Fsp3) is 0.368. The van der Waals surface area contributed by atoms with Crippen LogP contribution in [0.2, 0.25) is 0 Å². The van der Waals surface area contributed by atoms with E-state index < -0.39 is 0 Å². The largest absolute Gasteiger partial charge is 0.383 e. The number of carbonyl (C=O) groups excluding carboxylic acids is 1. The van der Waals surface area contributed by atoms with Crippen molar-refractivity contribution in [3.05, 3.63) is 46.9 Å². The Morgan fingerprint density at radius 2 is 2.07 bits per heavy atom. The maximum Gasteiger partial charge on any atom is 0.262 e. The zero-order valence-electron chi connectivity index (χ0n) is 16.1. The summed E-state index contributed by atoms with van der Waals surface area (Å²) < 4.78 is 8.41. The SMILES string of the molecule is COCCn1c(SCC(=O)Nc2ccnn2C(C)C)nc2ccccc2c1=O. The van der Waals surface area contributed by atoms with E-state index in [9.17, 15) is 9.59 Å². The average molecular weight is 401 g/mol. The van der Waals surface area contributed by atoms with E-state index in [1.54, 1.807) is 40.8 Å². The molecule has 0 radical (unpaired) electrons. The van der Waals surface area contributed by atoms with Crippen molar-refractivity contribution in [2.45, 2.75) is 31.6 Å². The van der Waals surface area contributed by atoms with Gasteiger partial charge in [0, 0.05) is 19.2 Å². The van der Waals surface area contributed by atoms with Crippen molar-refractivity contribution in [1.82, 2.24) is 19.3 Å². The summed E-state index contributed by atoms with van der Waals surface area (Å²) >= 11 is 1.23. The predicted molar refractivity (Wildman–Crippen MR) is 110 cm³/mol. The van der Waals surface area contributed by atoms with Crippen molar-refractivity contribution in [1.29, 1.82) is 0 Å². The highest BCUT2D eigenvalue weighted by Gasteiger charge is 2.14. The average Bonchev–Trinajstić information content (AvgIpc) is 3.14. The Balaban J connectivity index is 1.80. The standard InChI is InChI=1S/C19H23N5O3S/c1-13(2)24-16(8-9-20-24)22-17(25)12-28-19-21-15-7-5-4-6-14(15)18(26)23(19)10-11-27-3/h4-9,13H,10-12H2,1-3H3,(H,22,25). The Hall–Kier alpha value is -2.65. The number of thioether (sulfide) groups is 1. The van der Waals surface area contributed by atoms with Crippen LogP contribution in [0.5, 0.6) is 0 Å². The zero-order chi connectivity index (χ0) is 20.1. The van der Waals surface area contributed by atoms with Gasteiger partial charge in [-0.2, -0.15) is 5.10 Å². The Kier molecular flexibility index (Phi) is 6.48. The van der Waals surface area contributed by atoms with Gasteiger partial charge in [0.25, 0.3) is 5.56 Å². The van der Waals surface area contributed by atoms with Crippen LogP contribution in [0.4, 0.5) is 5.82 Å². The van der Waals surface area contributed by atoms with Gasteiger partial charge in [-0.1, -0.05) is 23.9 Å². The van der Waals surface area contributed by atoms with Gasteiger partial charge in [-0.25, -0.2) is 9.67 Å². The summed E-state index contributed by atoms with van der Waals surface area (Å²) in [5, 5.41) is 8.10. The summed E-state index contributed by atoms with van der Waals surface area (Å²) in [5.74, 6) is 0.582. The van der Waals surface area contributed by atoms with E-state index >= 15 is 0 Å². The van der Waals surface area contributed by atoms with E-state index in [2.05, 4.69) is 15.4 Å². The molecule has 148 valence electrons. The van der Waals surface area contributed by atoms with Crippen molar-refractivity contribution in [3.63, 3.8) is 0 Å². The molecule has 0 saturated heterocycles. The van der Waals surface area contributed by atoms with Gasteiger partial charge in [-0.3, -0.25) is 14.2 Å². The Labute approximate surface area is 166 Å². The second kappa shape index (κ2) is 9.03. The van der Waals surface area contributed by atoms with Crippen molar-refractivity contribution in [2.24, 2.45) is 0 Å². The molecule has 0 aliphatic heterocycles. The van der Waals surface area contributed by atoms with E-state index in [1.807, 2.05) is 26.0 Å². The highest BCUT2D eigenvalue weighted by molar-refractivity contribution is 7.99. The minimum absolute atomic E-state index is 0.126. The lowest BCUT2D eigenvalue weighted by molar-refractivity contribution is -0.113. The van der Waals surface area contributed by atoms with Gasteiger partial charge in [0.15, 0.2) is 5.16 Å². The van der Waals surface area contributed by atoms with Gasteiger partial charge in [-0.15, -0.1) is 0 Å². The molecule has 0 fully saturated rings. The minimum Gasteiger partial charge on any atom is -0.383 e. The molecule has 3 aromatic rings. The lowest BCUT2D eigenvalue weighted by Gasteiger charge is -2.13. The second-order valence-electron chi connectivity index (χ2n) is 6.45. The topological polar surface area (TPSA) is 91.0 Å². The number of ether oxygens (including phenoxy) is 1. The summed E-state index contributed by atoms with van der Waals surface area (Å²) in [6, 6.07) is 9.09. The third kappa shape index (κ3) is 4.42. The van der Waals surface area contributed by atoms with E-state index in [0.717, 1.165) is 0 Å². The number of anilines is 1. The first kappa shape index (κ1) is 20.1. The molecule has 0 spiro atoms. The third-order valence-corrected chi connectivity index (χ3v) is 5.08. The number of nitrogens with zero attached hydrogens (tertiary/aromatic N) is 4. The highest BCUT2D eigenvalue weighted by Crippen LogP contribution is 2.19. The van der Waals surface area contributed by atoms with Crippen molar-refractivity contribution in [3.8, 4) is 0 Å². The Bertz CT molecular complexity index is 1030. The first-order valence-electron chi connectivity index (χ1n) is 8.96. The van der Waals surface area contributed by atoms with Crippen molar-refractivity contribution in [2.75, 3.05) is 24.8 Å².